The minimum absolute atomic E-state index is 0.0225. The van der Waals surface area contributed by atoms with E-state index in [-0.39, 0.29) is 5.92 Å². The molecule has 0 aromatic heterocycles. The topological polar surface area (TPSA) is 52.6 Å². The highest BCUT2D eigenvalue weighted by molar-refractivity contribution is 6.00. The van der Waals surface area contributed by atoms with Gasteiger partial charge >= 0.3 is 11.9 Å². The lowest BCUT2D eigenvalue weighted by molar-refractivity contribution is -0.174. The molecule has 4 nitrogen and oxygen atoms in total. The molecule has 0 bridgehead atoms. The Kier molecular flexibility index (Phi) is 5.21. The standard InChI is InChI=1S/C14H20O4/c1-4-5-10-14(12(15)17-2,13(16)18-3)11-8-6-7-9-11/h1,11H,5-10H2,2-3H3. The molecule has 1 aliphatic carbocycles. The van der Waals surface area contributed by atoms with E-state index < -0.39 is 17.4 Å². The highest BCUT2D eigenvalue weighted by Gasteiger charge is 2.54. The fourth-order valence-electron chi connectivity index (χ4n) is 2.88. The van der Waals surface area contributed by atoms with E-state index in [4.69, 9.17) is 15.9 Å². The molecular formula is C14H20O4. The van der Waals surface area contributed by atoms with Gasteiger partial charge in [-0.2, -0.15) is 0 Å². The molecule has 0 amide bonds. The predicted octanol–water partition coefficient (Wildman–Crippen LogP) is 1.92. The van der Waals surface area contributed by atoms with E-state index in [1.54, 1.807) is 0 Å². The van der Waals surface area contributed by atoms with Gasteiger partial charge in [-0.15, -0.1) is 12.3 Å². The van der Waals surface area contributed by atoms with Crippen LogP contribution in [-0.4, -0.2) is 26.2 Å². The summed E-state index contributed by atoms with van der Waals surface area (Å²) in [4.78, 5) is 24.3. The van der Waals surface area contributed by atoms with Gasteiger partial charge in [0.05, 0.1) is 14.2 Å². The summed E-state index contributed by atoms with van der Waals surface area (Å²) >= 11 is 0. The molecule has 1 fully saturated rings. The molecule has 0 spiro atoms. The molecule has 0 heterocycles. The zero-order chi connectivity index (χ0) is 13.6. The number of carbonyl (C=O) groups excluding carboxylic acids is 2. The van der Waals surface area contributed by atoms with Crippen LogP contribution >= 0.6 is 0 Å². The van der Waals surface area contributed by atoms with Gasteiger partial charge in [0.2, 0.25) is 0 Å². The number of rotatable bonds is 5. The number of esters is 2. The normalized spacial score (nSPS) is 16.1. The number of hydrogen-bond donors (Lipinski definition) is 0. The third kappa shape index (κ3) is 2.50. The summed E-state index contributed by atoms with van der Waals surface area (Å²) in [5, 5.41) is 0. The Hall–Kier alpha value is -1.50. The van der Waals surface area contributed by atoms with Crippen LogP contribution in [-0.2, 0) is 19.1 Å². The van der Waals surface area contributed by atoms with Crippen molar-refractivity contribution in [2.75, 3.05) is 14.2 Å². The monoisotopic (exact) mass is 252 g/mol. The van der Waals surface area contributed by atoms with Gasteiger partial charge in [-0.3, -0.25) is 9.59 Å². The van der Waals surface area contributed by atoms with E-state index >= 15 is 0 Å². The van der Waals surface area contributed by atoms with Crippen molar-refractivity contribution in [3.63, 3.8) is 0 Å². The molecule has 0 unspecified atom stereocenters. The van der Waals surface area contributed by atoms with Gasteiger partial charge in [-0.05, 0) is 25.2 Å². The molecule has 100 valence electrons. The molecule has 0 saturated heterocycles. The fourth-order valence-corrected chi connectivity index (χ4v) is 2.88. The minimum atomic E-state index is -1.22. The number of carbonyl (C=O) groups is 2. The SMILES string of the molecule is C#CCCC(C(=O)OC)(C(=O)OC)C1CCCC1. The Morgan fingerprint density at radius 2 is 1.72 bits per heavy atom. The first-order valence-electron chi connectivity index (χ1n) is 6.23. The van der Waals surface area contributed by atoms with Gasteiger partial charge in [0, 0.05) is 6.42 Å². The quantitative estimate of drug-likeness (QED) is 0.426. The predicted molar refractivity (Wildman–Crippen MR) is 66.5 cm³/mol. The van der Waals surface area contributed by atoms with Crippen molar-refractivity contribution in [1.29, 1.82) is 0 Å². The first-order chi connectivity index (χ1) is 8.63. The maximum absolute atomic E-state index is 12.1. The Labute approximate surface area is 108 Å². The molecule has 0 aromatic carbocycles. The average molecular weight is 252 g/mol. The van der Waals surface area contributed by atoms with Crippen LogP contribution in [0, 0.1) is 23.7 Å². The van der Waals surface area contributed by atoms with E-state index in [0.717, 1.165) is 25.7 Å². The van der Waals surface area contributed by atoms with Crippen molar-refractivity contribution >= 4 is 11.9 Å². The van der Waals surface area contributed by atoms with E-state index in [1.165, 1.54) is 14.2 Å². The Morgan fingerprint density at radius 1 is 1.22 bits per heavy atom. The van der Waals surface area contributed by atoms with Gasteiger partial charge in [0.15, 0.2) is 5.41 Å². The van der Waals surface area contributed by atoms with Crippen LogP contribution in [0.25, 0.3) is 0 Å². The van der Waals surface area contributed by atoms with E-state index in [0.29, 0.717) is 12.8 Å². The maximum Gasteiger partial charge on any atom is 0.323 e. The molecule has 1 aliphatic rings. The second-order valence-corrected chi connectivity index (χ2v) is 4.64. The van der Waals surface area contributed by atoms with Crippen LogP contribution in [0.15, 0.2) is 0 Å². The largest absolute Gasteiger partial charge is 0.468 e. The third-order valence-electron chi connectivity index (χ3n) is 3.82. The van der Waals surface area contributed by atoms with Crippen LogP contribution in [0.5, 0.6) is 0 Å². The van der Waals surface area contributed by atoms with Gasteiger partial charge in [0.1, 0.15) is 0 Å². The van der Waals surface area contributed by atoms with E-state index in [9.17, 15) is 9.59 Å². The highest BCUT2D eigenvalue weighted by Crippen LogP contribution is 2.45. The van der Waals surface area contributed by atoms with Crippen molar-refractivity contribution in [3.8, 4) is 12.3 Å². The van der Waals surface area contributed by atoms with Gasteiger partial charge < -0.3 is 9.47 Å². The van der Waals surface area contributed by atoms with E-state index in [1.807, 2.05) is 0 Å². The van der Waals surface area contributed by atoms with Gasteiger partial charge in [-0.1, -0.05) is 12.8 Å². The number of hydrogen-bond acceptors (Lipinski definition) is 4. The molecule has 0 aromatic rings. The first kappa shape index (κ1) is 14.6. The van der Waals surface area contributed by atoms with Gasteiger partial charge in [0.25, 0.3) is 0 Å². The molecule has 0 atom stereocenters. The van der Waals surface area contributed by atoms with Crippen molar-refractivity contribution in [1.82, 2.24) is 0 Å². The molecule has 0 N–H and O–H groups in total. The average Bonchev–Trinajstić information content (AvgIpc) is 2.93. The van der Waals surface area contributed by atoms with Crippen LogP contribution in [0.1, 0.15) is 38.5 Å². The first-order valence-corrected chi connectivity index (χ1v) is 6.23. The smallest absolute Gasteiger partial charge is 0.323 e. The van der Waals surface area contributed by atoms with Gasteiger partial charge in [-0.25, -0.2) is 0 Å². The second kappa shape index (κ2) is 6.44. The summed E-state index contributed by atoms with van der Waals surface area (Å²) in [7, 11) is 2.59. The lowest BCUT2D eigenvalue weighted by Crippen LogP contribution is -2.46. The summed E-state index contributed by atoms with van der Waals surface area (Å²) in [6, 6.07) is 0. The lowest BCUT2D eigenvalue weighted by atomic mass is 9.71. The Bertz CT molecular complexity index is 331. The highest BCUT2D eigenvalue weighted by atomic mass is 16.5. The van der Waals surface area contributed by atoms with Crippen LogP contribution in [0.3, 0.4) is 0 Å². The zero-order valence-electron chi connectivity index (χ0n) is 11.0. The van der Waals surface area contributed by atoms with Crippen LogP contribution in [0.4, 0.5) is 0 Å². The molecular weight excluding hydrogens is 232 g/mol. The van der Waals surface area contributed by atoms with Crippen LogP contribution < -0.4 is 0 Å². The Balaban J connectivity index is 3.11. The summed E-state index contributed by atoms with van der Waals surface area (Å²) < 4.78 is 9.68. The van der Waals surface area contributed by atoms with Crippen molar-refractivity contribution in [2.45, 2.75) is 38.5 Å². The maximum atomic E-state index is 12.1. The second-order valence-electron chi connectivity index (χ2n) is 4.64. The summed E-state index contributed by atoms with van der Waals surface area (Å²) in [5.74, 6) is 1.43. The molecule has 1 rings (SSSR count). The van der Waals surface area contributed by atoms with Crippen molar-refractivity contribution in [3.05, 3.63) is 0 Å². The minimum Gasteiger partial charge on any atom is -0.468 e. The molecule has 0 radical (unpaired) electrons. The van der Waals surface area contributed by atoms with Crippen molar-refractivity contribution in [2.24, 2.45) is 11.3 Å². The molecule has 18 heavy (non-hydrogen) atoms. The lowest BCUT2D eigenvalue weighted by Gasteiger charge is -2.33. The summed E-state index contributed by atoms with van der Waals surface area (Å²) in [6.07, 6.45) is 9.66. The molecule has 0 aliphatic heterocycles. The zero-order valence-corrected chi connectivity index (χ0v) is 11.0. The van der Waals surface area contributed by atoms with Crippen molar-refractivity contribution < 1.29 is 19.1 Å². The third-order valence-corrected chi connectivity index (χ3v) is 3.82. The molecule has 1 saturated carbocycles. The number of ether oxygens (including phenoxy) is 2. The number of terminal acetylenes is 1. The Morgan fingerprint density at radius 3 is 2.11 bits per heavy atom. The fraction of sp³-hybridized carbons (Fsp3) is 0.714. The van der Waals surface area contributed by atoms with E-state index in [2.05, 4.69) is 5.92 Å². The van der Waals surface area contributed by atoms with Crippen LogP contribution in [0.2, 0.25) is 0 Å². The number of methoxy groups -OCH3 is 2. The molecule has 4 heteroatoms. The summed E-state index contributed by atoms with van der Waals surface area (Å²) in [5.41, 5.74) is -1.22. The summed E-state index contributed by atoms with van der Waals surface area (Å²) in [6.45, 7) is 0.